The van der Waals surface area contributed by atoms with Crippen LogP contribution in [0.25, 0.3) is 0 Å². The third kappa shape index (κ3) is 2.92. The number of hydrogen-bond acceptors (Lipinski definition) is 3. The highest BCUT2D eigenvalue weighted by Crippen LogP contribution is 2.30. The number of rotatable bonds is 4. The van der Waals surface area contributed by atoms with Crippen molar-refractivity contribution in [3.8, 4) is 5.75 Å². The van der Waals surface area contributed by atoms with E-state index in [0.29, 0.717) is 5.82 Å². The molecule has 4 nitrogen and oxygen atoms in total. The molecule has 20 heavy (non-hydrogen) atoms. The zero-order valence-electron chi connectivity index (χ0n) is 11.0. The number of aromatic nitrogens is 2. The molecule has 0 radical (unpaired) electrons. The summed E-state index contributed by atoms with van der Waals surface area (Å²) in [4.78, 5) is 0. The number of benzene rings is 1. The second-order valence-corrected chi connectivity index (χ2v) is 5.15. The molecule has 0 spiro atoms. The van der Waals surface area contributed by atoms with E-state index in [-0.39, 0.29) is 11.8 Å². The molecular formula is C13H14BrF2N3O. The first kappa shape index (κ1) is 14.8. The zero-order chi connectivity index (χ0) is 14.9. The molecule has 0 amide bonds. The average molecular weight is 346 g/mol. The van der Waals surface area contributed by atoms with E-state index in [1.807, 2.05) is 19.9 Å². The van der Waals surface area contributed by atoms with Gasteiger partial charge in [-0.05, 0) is 47.5 Å². The fraction of sp³-hybridized carbons (Fsp3) is 0.308. The maximum atomic E-state index is 12.2. The predicted octanol–water partition coefficient (Wildman–Crippen LogP) is 3.75. The van der Waals surface area contributed by atoms with Gasteiger partial charge in [0, 0.05) is 0 Å². The summed E-state index contributed by atoms with van der Waals surface area (Å²) in [5, 5.41) is 4.33. The Labute approximate surface area is 123 Å². The molecular weight excluding hydrogens is 332 g/mol. The fourth-order valence-electron chi connectivity index (χ4n) is 1.93. The largest absolute Gasteiger partial charge is 0.435 e. The predicted molar refractivity (Wildman–Crippen MR) is 76.0 cm³/mol. The summed E-state index contributed by atoms with van der Waals surface area (Å²) in [7, 11) is 0. The molecule has 108 valence electrons. The highest BCUT2D eigenvalue weighted by Gasteiger charge is 2.17. The van der Waals surface area contributed by atoms with E-state index >= 15 is 0 Å². The lowest BCUT2D eigenvalue weighted by Crippen LogP contribution is -2.12. The molecule has 7 heteroatoms. The van der Waals surface area contributed by atoms with Crippen molar-refractivity contribution in [3.63, 3.8) is 0 Å². The minimum absolute atomic E-state index is 0.117. The monoisotopic (exact) mass is 345 g/mol. The first-order valence-corrected chi connectivity index (χ1v) is 6.74. The van der Waals surface area contributed by atoms with Gasteiger partial charge >= 0.3 is 6.61 Å². The van der Waals surface area contributed by atoms with Gasteiger partial charge in [-0.15, -0.1) is 0 Å². The summed E-state index contributed by atoms with van der Waals surface area (Å²) < 4.78 is 31.2. The number of nitrogens with zero attached hydrogens (tertiary/aromatic N) is 2. The molecule has 0 saturated heterocycles. The van der Waals surface area contributed by atoms with Crippen LogP contribution in [0.3, 0.4) is 0 Å². The number of aryl methyl sites for hydroxylation is 1. The third-order valence-electron chi connectivity index (χ3n) is 2.98. The molecule has 1 atom stereocenters. The molecule has 0 aliphatic rings. The number of nitrogens with two attached hydrogens (primary N) is 1. The van der Waals surface area contributed by atoms with Crippen molar-refractivity contribution in [1.29, 1.82) is 0 Å². The van der Waals surface area contributed by atoms with Crippen LogP contribution in [0.15, 0.2) is 28.7 Å². The number of hydrogen-bond donors (Lipinski definition) is 1. The maximum absolute atomic E-state index is 12.2. The second kappa shape index (κ2) is 5.78. The Balaban J connectivity index is 2.33. The molecule has 1 aromatic carbocycles. The molecule has 2 aromatic rings. The molecule has 1 heterocycles. The van der Waals surface area contributed by atoms with E-state index < -0.39 is 6.61 Å². The van der Waals surface area contributed by atoms with Crippen LogP contribution in [-0.4, -0.2) is 16.4 Å². The van der Waals surface area contributed by atoms with E-state index in [9.17, 15) is 8.78 Å². The zero-order valence-corrected chi connectivity index (χ0v) is 12.6. The van der Waals surface area contributed by atoms with Crippen LogP contribution in [0.2, 0.25) is 0 Å². The summed E-state index contributed by atoms with van der Waals surface area (Å²) in [5.41, 5.74) is 7.52. The SMILES string of the molecule is Cc1nn(C(C)c2cccc(OC(F)F)c2)c(N)c1Br. The Hall–Kier alpha value is -1.63. The topological polar surface area (TPSA) is 53.1 Å². The number of halogens is 3. The maximum Gasteiger partial charge on any atom is 0.387 e. The van der Waals surface area contributed by atoms with Crippen LogP contribution in [-0.2, 0) is 0 Å². The van der Waals surface area contributed by atoms with Gasteiger partial charge in [0.15, 0.2) is 0 Å². The number of anilines is 1. The second-order valence-electron chi connectivity index (χ2n) is 4.36. The Bertz CT molecular complexity index is 616. The molecule has 2 N–H and O–H groups in total. The standard InChI is InChI=1S/C13H14BrF2N3O/c1-7-11(14)12(17)19(18-7)8(2)9-4-3-5-10(6-9)20-13(15)16/h3-6,8,13H,17H2,1-2H3. The summed E-state index contributed by atoms with van der Waals surface area (Å²) in [6, 6.07) is 6.32. The fourth-order valence-corrected chi connectivity index (χ4v) is 2.19. The molecule has 2 rings (SSSR count). The Kier molecular flexibility index (Phi) is 4.27. The van der Waals surface area contributed by atoms with Crippen LogP contribution in [0.4, 0.5) is 14.6 Å². The lowest BCUT2D eigenvalue weighted by atomic mass is 10.1. The quantitative estimate of drug-likeness (QED) is 0.918. The van der Waals surface area contributed by atoms with Gasteiger partial charge < -0.3 is 10.5 Å². The lowest BCUT2D eigenvalue weighted by Gasteiger charge is -2.15. The van der Waals surface area contributed by atoms with Gasteiger partial charge in [0.1, 0.15) is 11.6 Å². The summed E-state index contributed by atoms with van der Waals surface area (Å²) in [6.07, 6.45) is 0. The molecule has 0 saturated carbocycles. The minimum Gasteiger partial charge on any atom is -0.435 e. The Morgan fingerprint density at radius 3 is 2.65 bits per heavy atom. The minimum atomic E-state index is -2.84. The van der Waals surface area contributed by atoms with E-state index in [1.165, 1.54) is 6.07 Å². The van der Waals surface area contributed by atoms with Crippen molar-refractivity contribution in [2.24, 2.45) is 0 Å². The van der Waals surface area contributed by atoms with Gasteiger partial charge in [-0.1, -0.05) is 12.1 Å². The third-order valence-corrected chi connectivity index (χ3v) is 3.96. The van der Waals surface area contributed by atoms with E-state index in [2.05, 4.69) is 25.8 Å². The first-order chi connectivity index (χ1) is 9.40. The van der Waals surface area contributed by atoms with Crippen LogP contribution in [0.5, 0.6) is 5.75 Å². The van der Waals surface area contributed by atoms with Crippen LogP contribution >= 0.6 is 15.9 Å². The van der Waals surface area contributed by atoms with Gasteiger partial charge in [-0.3, -0.25) is 0 Å². The Morgan fingerprint density at radius 1 is 1.40 bits per heavy atom. The highest BCUT2D eigenvalue weighted by molar-refractivity contribution is 9.10. The number of alkyl halides is 2. The van der Waals surface area contributed by atoms with Crippen molar-refractivity contribution < 1.29 is 13.5 Å². The number of nitrogen functional groups attached to an aromatic ring is 1. The number of ether oxygens (including phenoxy) is 1. The van der Waals surface area contributed by atoms with E-state index in [1.54, 1.807) is 16.8 Å². The Morgan fingerprint density at radius 2 is 2.10 bits per heavy atom. The molecule has 0 bridgehead atoms. The molecule has 0 aliphatic heterocycles. The van der Waals surface area contributed by atoms with Crippen LogP contribution < -0.4 is 10.5 Å². The smallest absolute Gasteiger partial charge is 0.387 e. The van der Waals surface area contributed by atoms with Crippen molar-refractivity contribution >= 4 is 21.7 Å². The summed E-state index contributed by atoms with van der Waals surface area (Å²) >= 11 is 3.36. The van der Waals surface area contributed by atoms with Gasteiger partial charge in [-0.2, -0.15) is 13.9 Å². The average Bonchev–Trinajstić information content (AvgIpc) is 2.65. The molecule has 0 fully saturated rings. The summed E-state index contributed by atoms with van der Waals surface area (Å²) in [5.74, 6) is 0.612. The van der Waals surface area contributed by atoms with Crippen molar-refractivity contribution in [2.45, 2.75) is 26.5 Å². The lowest BCUT2D eigenvalue weighted by molar-refractivity contribution is -0.0499. The molecule has 1 aromatic heterocycles. The van der Waals surface area contributed by atoms with E-state index in [4.69, 9.17) is 5.73 Å². The molecule has 0 aliphatic carbocycles. The van der Waals surface area contributed by atoms with Crippen molar-refractivity contribution in [3.05, 3.63) is 40.0 Å². The van der Waals surface area contributed by atoms with Crippen molar-refractivity contribution in [2.75, 3.05) is 5.73 Å². The normalized spacial score (nSPS) is 12.7. The van der Waals surface area contributed by atoms with Gasteiger partial charge in [-0.25, -0.2) is 4.68 Å². The van der Waals surface area contributed by atoms with E-state index in [0.717, 1.165) is 15.7 Å². The first-order valence-electron chi connectivity index (χ1n) is 5.95. The van der Waals surface area contributed by atoms with Crippen LogP contribution in [0.1, 0.15) is 24.2 Å². The van der Waals surface area contributed by atoms with Gasteiger partial charge in [0.05, 0.1) is 16.2 Å². The van der Waals surface area contributed by atoms with Gasteiger partial charge in [0.2, 0.25) is 0 Å². The van der Waals surface area contributed by atoms with Crippen LogP contribution in [0, 0.1) is 6.92 Å². The van der Waals surface area contributed by atoms with Gasteiger partial charge in [0.25, 0.3) is 0 Å². The molecule has 1 unspecified atom stereocenters. The summed E-state index contributed by atoms with van der Waals surface area (Å²) in [6.45, 7) is 0.878. The van der Waals surface area contributed by atoms with Crippen molar-refractivity contribution in [1.82, 2.24) is 9.78 Å². The highest BCUT2D eigenvalue weighted by atomic mass is 79.9.